The monoisotopic (exact) mass is 466 g/mol. The van der Waals surface area contributed by atoms with Crippen molar-refractivity contribution in [2.45, 2.75) is 13.5 Å². The summed E-state index contributed by atoms with van der Waals surface area (Å²) < 4.78 is 0. The van der Waals surface area contributed by atoms with Crippen LogP contribution in [0.5, 0.6) is 0 Å². The minimum atomic E-state index is 0.634. The molecule has 10 heteroatoms. The lowest BCUT2D eigenvalue weighted by Gasteiger charge is -2.14. The highest BCUT2D eigenvalue weighted by Gasteiger charge is 2.17. The molecule has 0 fully saturated rings. The summed E-state index contributed by atoms with van der Waals surface area (Å²) >= 11 is 0. The number of rotatable bonds is 7. The molecule has 0 aromatic carbocycles. The topological polar surface area (TPSA) is 115 Å². The van der Waals surface area contributed by atoms with Crippen molar-refractivity contribution in [3.05, 3.63) is 60.6 Å². The van der Waals surface area contributed by atoms with Crippen LogP contribution in [0.4, 0.5) is 5.69 Å². The number of hydrogen-bond donors (Lipinski definition) is 2. The number of pyridine rings is 3. The summed E-state index contributed by atoms with van der Waals surface area (Å²) in [6.07, 6.45) is 11.0. The van der Waals surface area contributed by atoms with Gasteiger partial charge in [0.2, 0.25) is 0 Å². The van der Waals surface area contributed by atoms with Crippen molar-refractivity contribution in [2.24, 2.45) is 4.99 Å². The molecule has 0 bridgehead atoms. The van der Waals surface area contributed by atoms with Crippen molar-refractivity contribution < 1.29 is 0 Å². The first-order chi connectivity index (χ1) is 16.9. The van der Waals surface area contributed by atoms with E-state index in [0.717, 1.165) is 51.0 Å². The number of aromatic amines is 2. The summed E-state index contributed by atoms with van der Waals surface area (Å²) in [6, 6.07) is 4.20. The molecule has 0 amide bonds. The van der Waals surface area contributed by atoms with Crippen LogP contribution in [0.15, 0.2) is 60.0 Å². The molecule has 0 aliphatic carbocycles. The van der Waals surface area contributed by atoms with Gasteiger partial charge in [0.25, 0.3) is 0 Å². The maximum absolute atomic E-state index is 4.87. The number of imidazole rings is 1. The van der Waals surface area contributed by atoms with Gasteiger partial charge in [-0.05, 0) is 45.4 Å². The van der Waals surface area contributed by atoms with Crippen molar-refractivity contribution in [1.29, 1.82) is 0 Å². The van der Waals surface area contributed by atoms with Gasteiger partial charge in [0.05, 0.1) is 34.7 Å². The first kappa shape index (κ1) is 22.4. The Morgan fingerprint density at radius 2 is 1.86 bits per heavy atom. The molecule has 5 rings (SSSR count). The van der Waals surface area contributed by atoms with E-state index in [1.54, 1.807) is 12.4 Å². The summed E-state index contributed by atoms with van der Waals surface area (Å²) in [4.78, 5) is 29.6. The van der Waals surface area contributed by atoms with E-state index in [-0.39, 0.29) is 0 Å². The maximum atomic E-state index is 4.87. The molecule has 5 aromatic heterocycles. The molecule has 10 nitrogen and oxygen atoms in total. The molecule has 0 atom stereocenters. The normalized spacial score (nSPS) is 12.1. The Hall–Kier alpha value is -4.44. The maximum Gasteiger partial charge on any atom is 0.159 e. The van der Waals surface area contributed by atoms with Crippen molar-refractivity contribution in [3.8, 4) is 22.6 Å². The number of aromatic nitrogens is 7. The van der Waals surface area contributed by atoms with Crippen molar-refractivity contribution in [1.82, 2.24) is 40.0 Å². The van der Waals surface area contributed by atoms with Gasteiger partial charge in [-0.3, -0.25) is 20.1 Å². The number of anilines is 1. The van der Waals surface area contributed by atoms with Crippen LogP contribution >= 0.6 is 0 Å². The molecule has 0 radical (unpaired) electrons. The fourth-order valence-corrected chi connectivity index (χ4v) is 4.02. The number of H-pyrrole nitrogens is 2. The van der Waals surface area contributed by atoms with Crippen LogP contribution in [0.2, 0.25) is 0 Å². The number of aliphatic imine (C=N–C) groups is 1. The van der Waals surface area contributed by atoms with Gasteiger partial charge in [-0.25, -0.2) is 9.97 Å². The molecule has 0 unspecified atom stereocenters. The van der Waals surface area contributed by atoms with E-state index in [4.69, 9.17) is 4.98 Å². The van der Waals surface area contributed by atoms with E-state index in [1.165, 1.54) is 0 Å². The third-order valence-electron chi connectivity index (χ3n) is 5.65. The SMILES string of the molecule is C=N/C(C)=C\N(C)c1cncc2[nH]c(-c3n[nH]c4ncc(-c5cncc(CN(C)C)c5)cc34)nc12. The standard InChI is InChI=1S/C25H26N10/c1-15(26-2)13-35(5)21-12-28-11-20-23(21)31-25(30-20)22-19-7-18(10-29-24(19)33-32-22)17-6-16(8-27-9-17)14-34(3)4/h6-13H,2,14H2,1,3-5H3,(H,30,31)(H,29,32,33)/b15-13-. The number of nitrogens with one attached hydrogen (secondary N) is 2. The van der Waals surface area contributed by atoms with E-state index in [2.05, 4.69) is 58.9 Å². The zero-order valence-corrected chi connectivity index (χ0v) is 20.1. The summed E-state index contributed by atoms with van der Waals surface area (Å²) in [5.74, 6) is 0.634. The van der Waals surface area contributed by atoms with Crippen LogP contribution in [-0.2, 0) is 6.54 Å². The quantitative estimate of drug-likeness (QED) is 0.348. The molecule has 2 N–H and O–H groups in total. The molecule has 0 aliphatic rings. The summed E-state index contributed by atoms with van der Waals surface area (Å²) in [6.45, 7) is 6.28. The molecule has 0 spiro atoms. The Balaban J connectivity index is 1.57. The fraction of sp³-hybridized carbons (Fsp3) is 0.200. The van der Waals surface area contributed by atoms with Gasteiger partial charge in [0, 0.05) is 49.5 Å². The van der Waals surface area contributed by atoms with Crippen LogP contribution in [0.1, 0.15) is 12.5 Å². The fourth-order valence-electron chi connectivity index (χ4n) is 4.02. The first-order valence-corrected chi connectivity index (χ1v) is 11.1. The second-order valence-corrected chi connectivity index (χ2v) is 8.69. The van der Waals surface area contributed by atoms with Crippen LogP contribution in [0.25, 0.3) is 44.7 Å². The second kappa shape index (κ2) is 9.07. The van der Waals surface area contributed by atoms with E-state index in [9.17, 15) is 0 Å². The molecule has 0 aliphatic heterocycles. The van der Waals surface area contributed by atoms with Crippen molar-refractivity contribution >= 4 is 34.5 Å². The number of hydrogen-bond acceptors (Lipinski definition) is 8. The smallest absolute Gasteiger partial charge is 0.159 e. The molecule has 35 heavy (non-hydrogen) atoms. The van der Waals surface area contributed by atoms with E-state index in [0.29, 0.717) is 17.2 Å². The van der Waals surface area contributed by atoms with Crippen molar-refractivity contribution in [3.63, 3.8) is 0 Å². The van der Waals surface area contributed by atoms with Crippen LogP contribution < -0.4 is 4.90 Å². The summed E-state index contributed by atoms with van der Waals surface area (Å²) in [5.41, 5.74) is 7.71. The number of fused-ring (bicyclic) bond motifs is 2. The average Bonchev–Trinajstić information content (AvgIpc) is 3.47. The third-order valence-corrected chi connectivity index (χ3v) is 5.65. The Morgan fingerprint density at radius 3 is 2.66 bits per heavy atom. The van der Waals surface area contributed by atoms with Crippen LogP contribution in [0.3, 0.4) is 0 Å². The highest BCUT2D eigenvalue weighted by Crippen LogP contribution is 2.31. The van der Waals surface area contributed by atoms with Gasteiger partial charge < -0.3 is 14.8 Å². The van der Waals surface area contributed by atoms with Gasteiger partial charge in [0.1, 0.15) is 11.2 Å². The summed E-state index contributed by atoms with van der Waals surface area (Å²) in [5, 5.41) is 8.41. The Labute approximate surface area is 202 Å². The van der Waals surface area contributed by atoms with E-state index < -0.39 is 0 Å². The minimum Gasteiger partial charge on any atom is -0.346 e. The van der Waals surface area contributed by atoms with Crippen LogP contribution in [0, 0.1) is 0 Å². The second-order valence-electron chi connectivity index (χ2n) is 8.69. The van der Waals surface area contributed by atoms with Gasteiger partial charge >= 0.3 is 0 Å². The highest BCUT2D eigenvalue weighted by molar-refractivity contribution is 5.95. The lowest BCUT2D eigenvalue weighted by atomic mass is 10.1. The zero-order valence-electron chi connectivity index (χ0n) is 20.1. The molecule has 5 aromatic rings. The Morgan fingerprint density at radius 1 is 1.06 bits per heavy atom. The summed E-state index contributed by atoms with van der Waals surface area (Å²) in [7, 11) is 6.01. The Bertz CT molecular complexity index is 1560. The number of allylic oxidation sites excluding steroid dienone is 1. The minimum absolute atomic E-state index is 0.634. The molecular formula is C25H26N10. The van der Waals surface area contributed by atoms with E-state index >= 15 is 0 Å². The van der Waals surface area contributed by atoms with Gasteiger partial charge in [0.15, 0.2) is 11.5 Å². The predicted molar refractivity (Wildman–Crippen MR) is 139 cm³/mol. The molecule has 176 valence electrons. The third kappa shape index (κ3) is 4.38. The molecule has 5 heterocycles. The van der Waals surface area contributed by atoms with Crippen molar-refractivity contribution in [2.75, 3.05) is 26.0 Å². The van der Waals surface area contributed by atoms with Gasteiger partial charge in [-0.1, -0.05) is 0 Å². The van der Waals surface area contributed by atoms with Crippen LogP contribution in [-0.4, -0.2) is 67.9 Å². The molecule has 0 saturated heterocycles. The lowest BCUT2D eigenvalue weighted by Crippen LogP contribution is -2.10. The lowest BCUT2D eigenvalue weighted by molar-refractivity contribution is 0.402. The molecular weight excluding hydrogens is 440 g/mol. The first-order valence-electron chi connectivity index (χ1n) is 11.1. The molecule has 0 saturated carbocycles. The Kier molecular flexibility index (Phi) is 5.79. The van der Waals surface area contributed by atoms with Gasteiger partial charge in [-0.2, -0.15) is 5.10 Å². The largest absolute Gasteiger partial charge is 0.346 e. The zero-order chi connectivity index (χ0) is 24.5. The highest BCUT2D eigenvalue weighted by atomic mass is 15.2. The van der Waals surface area contributed by atoms with E-state index in [1.807, 2.05) is 57.8 Å². The van der Waals surface area contributed by atoms with Gasteiger partial charge in [-0.15, -0.1) is 0 Å². The average molecular weight is 467 g/mol. The predicted octanol–water partition coefficient (Wildman–Crippen LogP) is 4.02. The number of nitrogens with zero attached hydrogens (tertiary/aromatic N) is 8.